The van der Waals surface area contributed by atoms with E-state index in [4.69, 9.17) is 15.7 Å². The first-order chi connectivity index (χ1) is 15.9. The molecule has 2 aliphatic heterocycles. The molecule has 2 aliphatic rings. The van der Waals surface area contributed by atoms with Crippen LogP contribution in [0.2, 0.25) is 0 Å². The number of hydrogen-bond acceptors (Lipinski definition) is 7. The fourth-order valence-corrected chi connectivity index (χ4v) is 4.03. The van der Waals surface area contributed by atoms with Crippen LogP contribution in [0, 0.1) is 11.3 Å². The quantitative estimate of drug-likeness (QED) is 0.521. The van der Waals surface area contributed by atoms with E-state index in [2.05, 4.69) is 10.6 Å². The van der Waals surface area contributed by atoms with Crippen LogP contribution in [0.3, 0.4) is 0 Å². The molecule has 2 aromatic carbocycles. The molecule has 0 radical (unpaired) electrons. The van der Waals surface area contributed by atoms with Crippen LogP contribution >= 0.6 is 0 Å². The molecule has 10 heteroatoms. The van der Waals surface area contributed by atoms with Gasteiger partial charge in [0.2, 0.25) is 5.91 Å². The monoisotopic (exact) mass is 449 g/mol. The molecule has 0 unspecified atom stereocenters. The minimum absolute atomic E-state index is 0.0847. The molecule has 0 spiro atoms. The molecule has 1 saturated heterocycles. The van der Waals surface area contributed by atoms with Crippen LogP contribution in [0.25, 0.3) is 0 Å². The molecule has 0 aromatic heterocycles. The maximum atomic E-state index is 13.2. The van der Waals surface area contributed by atoms with Crippen molar-refractivity contribution in [3.63, 3.8) is 0 Å². The van der Waals surface area contributed by atoms with Gasteiger partial charge in [-0.15, -0.1) is 0 Å². The normalized spacial score (nSPS) is 18.7. The van der Waals surface area contributed by atoms with E-state index in [9.17, 15) is 19.5 Å². The first kappa shape index (κ1) is 22.4. The van der Waals surface area contributed by atoms with Crippen molar-refractivity contribution in [2.45, 2.75) is 31.6 Å². The summed E-state index contributed by atoms with van der Waals surface area (Å²) in [5.41, 5.74) is 9.01. The van der Waals surface area contributed by atoms with Crippen LogP contribution in [0.15, 0.2) is 36.4 Å². The zero-order valence-electron chi connectivity index (χ0n) is 17.7. The van der Waals surface area contributed by atoms with Crippen molar-refractivity contribution >= 4 is 34.8 Å². The van der Waals surface area contributed by atoms with Gasteiger partial charge in [0.15, 0.2) is 12.2 Å². The van der Waals surface area contributed by atoms with Crippen molar-refractivity contribution in [1.29, 1.82) is 5.26 Å². The number of benzene rings is 2. The molecule has 0 bridgehead atoms. The molecule has 3 amide bonds. The van der Waals surface area contributed by atoms with Gasteiger partial charge in [0.1, 0.15) is 0 Å². The maximum absolute atomic E-state index is 13.2. The van der Waals surface area contributed by atoms with Gasteiger partial charge in [-0.25, -0.2) is 0 Å². The van der Waals surface area contributed by atoms with E-state index in [0.29, 0.717) is 41.0 Å². The van der Waals surface area contributed by atoms with Gasteiger partial charge in [0.25, 0.3) is 11.8 Å². The lowest BCUT2D eigenvalue weighted by atomic mass is 9.99. The summed E-state index contributed by atoms with van der Waals surface area (Å²) in [6.45, 7) is 0.491. The number of nitrogens with zero attached hydrogens (tertiary/aromatic N) is 2. The Morgan fingerprint density at radius 2 is 2.15 bits per heavy atom. The molecule has 0 aliphatic carbocycles. The molecule has 170 valence electrons. The molecule has 2 heterocycles. The summed E-state index contributed by atoms with van der Waals surface area (Å²) in [6, 6.07) is 11.9. The maximum Gasteiger partial charge on any atom is 0.259 e. The summed E-state index contributed by atoms with van der Waals surface area (Å²) in [5, 5.41) is 25.1. The number of carbonyl (C=O) groups is 3. The molecule has 10 nitrogen and oxygen atoms in total. The lowest BCUT2D eigenvalue weighted by Gasteiger charge is -2.36. The number of aliphatic hydroxyl groups excluding tert-OH is 1. The Labute approximate surface area is 189 Å². The highest BCUT2D eigenvalue weighted by Crippen LogP contribution is 2.33. The molecule has 2 aromatic rings. The predicted octanol–water partition coefficient (Wildman–Crippen LogP) is 0.633. The minimum Gasteiger partial charge on any atom is -0.380 e. The smallest absolute Gasteiger partial charge is 0.259 e. The second kappa shape index (κ2) is 9.38. The van der Waals surface area contributed by atoms with E-state index in [-0.39, 0.29) is 25.6 Å². The van der Waals surface area contributed by atoms with Gasteiger partial charge < -0.3 is 31.1 Å². The third kappa shape index (κ3) is 4.42. The highest BCUT2D eigenvalue weighted by molar-refractivity contribution is 6.05. The number of carbonyl (C=O) groups excluding carboxylic acids is 3. The van der Waals surface area contributed by atoms with Gasteiger partial charge >= 0.3 is 0 Å². The van der Waals surface area contributed by atoms with Crippen molar-refractivity contribution in [1.82, 2.24) is 0 Å². The van der Waals surface area contributed by atoms with Crippen LogP contribution in [-0.2, 0) is 32.1 Å². The molecule has 1 fully saturated rings. The highest BCUT2D eigenvalue weighted by Gasteiger charge is 2.40. The van der Waals surface area contributed by atoms with Crippen molar-refractivity contribution in [3.05, 3.63) is 53.1 Å². The molecule has 2 atom stereocenters. The fraction of sp³-hybridized carbons (Fsp3) is 0.304. The number of nitrogens with two attached hydrogens (primary N) is 1. The number of rotatable bonds is 5. The lowest BCUT2D eigenvalue weighted by Crippen LogP contribution is -2.55. The summed E-state index contributed by atoms with van der Waals surface area (Å²) in [7, 11) is 0. The van der Waals surface area contributed by atoms with Crippen LogP contribution in [0.5, 0.6) is 0 Å². The minimum atomic E-state index is -1.75. The third-order valence-electron chi connectivity index (χ3n) is 5.71. The Morgan fingerprint density at radius 1 is 1.33 bits per heavy atom. The highest BCUT2D eigenvalue weighted by atomic mass is 16.5. The second-order valence-electron chi connectivity index (χ2n) is 7.75. The number of morpholine rings is 1. The Balaban J connectivity index is 1.51. The van der Waals surface area contributed by atoms with Gasteiger partial charge in [0.05, 0.1) is 18.2 Å². The van der Waals surface area contributed by atoms with Gasteiger partial charge in [-0.1, -0.05) is 6.07 Å². The number of fused-ring (bicyclic) bond motifs is 1. The summed E-state index contributed by atoms with van der Waals surface area (Å²) < 4.78 is 5.47. The number of hydrogen-bond donors (Lipinski definition) is 4. The van der Waals surface area contributed by atoms with E-state index >= 15 is 0 Å². The van der Waals surface area contributed by atoms with Crippen LogP contribution in [-0.4, -0.2) is 48.2 Å². The summed E-state index contributed by atoms with van der Waals surface area (Å²) in [6.07, 6.45) is -2.35. The molecular weight excluding hydrogens is 426 g/mol. The third-order valence-corrected chi connectivity index (χ3v) is 5.71. The standard InChI is InChI=1S/C23H23N5O5/c24-11-13-4-5-15(10-14(13)12-25)26-22(31)20(30)21-23(32)28(8-9-33-21)18-3-1-2-17-16(18)6-7-19(29)27-17/h1-5,10,20-21,30H,6-9,12,25H2,(H,26,31)(H,27,29)/t20-,21-/m1/s1. The Bertz CT molecular complexity index is 1160. The number of anilines is 3. The van der Waals surface area contributed by atoms with Crippen LogP contribution < -0.4 is 21.3 Å². The van der Waals surface area contributed by atoms with Gasteiger partial charge in [-0.05, 0) is 47.9 Å². The van der Waals surface area contributed by atoms with Crippen molar-refractivity contribution < 1.29 is 24.2 Å². The number of nitriles is 1. The van der Waals surface area contributed by atoms with Gasteiger partial charge in [-0.3, -0.25) is 14.4 Å². The number of aliphatic hydroxyl groups is 1. The SMILES string of the molecule is N#Cc1ccc(NC(=O)[C@H](O)[C@H]2OCCN(c3cccc4c3CCC(=O)N4)C2=O)cc1CN. The molecule has 33 heavy (non-hydrogen) atoms. The molecule has 0 saturated carbocycles. The first-order valence-electron chi connectivity index (χ1n) is 10.5. The lowest BCUT2D eigenvalue weighted by molar-refractivity contribution is -0.150. The van der Waals surface area contributed by atoms with E-state index < -0.39 is 24.0 Å². The Hall–Kier alpha value is -3.78. The predicted molar refractivity (Wildman–Crippen MR) is 119 cm³/mol. The average Bonchev–Trinajstić information content (AvgIpc) is 2.83. The number of amides is 3. The largest absolute Gasteiger partial charge is 0.380 e. The van der Waals surface area contributed by atoms with Crippen molar-refractivity contribution in [3.8, 4) is 6.07 Å². The molecule has 5 N–H and O–H groups in total. The zero-order valence-corrected chi connectivity index (χ0v) is 17.7. The number of nitrogens with one attached hydrogen (secondary N) is 2. The van der Waals surface area contributed by atoms with Crippen LogP contribution in [0.4, 0.5) is 17.1 Å². The van der Waals surface area contributed by atoms with E-state index in [1.807, 2.05) is 6.07 Å². The van der Waals surface area contributed by atoms with Gasteiger partial charge in [0, 0.05) is 36.6 Å². The summed E-state index contributed by atoms with van der Waals surface area (Å²) in [5.74, 6) is -1.44. The Kier molecular flexibility index (Phi) is 6.37. The van der Waals surface area contributed by atoms with Crippen LogP contribution in [0.1, 0.15) is 23.1 Å². The molecule has 4 rings (SSSR count). The fourth-order valence-electron chi connectivity index (χ4n) is 4.03. The Morgan fingerprint density at radius 3 is 2.91 bits per heavy atom. The average molecular weight is 449 g/mol. The summed E-state index contributed by atoms with van der Waals surface area (Å²) in [4.78, 5) is 39.0. The zero-order chi connectivity index (χ0) is 23.5. The van der Waals surface area contributed by atoms with E-state index in [1.54, 1.807) is 24.3 Å². The van der Waals surface area contributed by atoms with Crippen molar-refractivity contribution in [2.75, 3.05) is 28.7 Å². The second-order valence-corrected chi connectivity index (χ2v) is 7.75. The first-order valence-corrected chi connectivity index (χ1v) is 10.5. The molecular formula is C23H23N5O5. The van der Waals surface area contributed by atoms with Gasteiger partial charge in [-0.2, -0.15) is 5.26 Å². The summed E-state index contributed by atoms with van der Waals surface area (Å²) >= 11 is 0. The topological polar surface area (TPSA) is 158 Å². The number of ether oxygens (including phenoxy) is 1. The van der Waals surface area contributed by atoms with E-state index in [0.717, 1.165) is 5.56 Å². The van der Waals surface area contributed by atoms with Crippen molar-refractivity contribution in [2.24, 2.45) is 5.73 Å². The van der Waals surface area contributed by atoms with E-state index in [1.165, 1.54) is 17.0 Å².